The molecule has 3 atom stereocenters. The SMILES string of the molecule is CN1CC(=O)N2C(CC3(Br)c4ccccc4N(S(=O)(=O)c4ccccc4)C23)C1=O. The van der Waals surface area contributed by atoms with E-state index in [1.54, 1.807) is 37.4 Å². The van der Waals surface area contributed by atoms with E-state index in [-0.39, 0.29) is 23.3 Å². The topological polar surface area (TPSA) is 78.0 Å². The molecule has 7 nitrogen and oxygen atoms in total. The highest BCUT2D eigenvalue weighted by Gasteiger charge is 2.66. The number of piperazine rings is 1. The number of carbonyl (C=O) groups is 2. The van der Waals surface area contributed by atoms with Crippen molar-refractivity contribution in [3.63, 3.8) is 0 Å². The Labute approximate surface area is 177 Å². The van der Waals surface area contributed by atoms with Crippen LogP contribution in [0.3, 0.4) is 0 Å². The van der Waals surface area contributed by atoms with Gasteiger partial charge in [0.2, 0.25) is 11.8 Å². The smallest absolute Gasteiger partial charge is 0.266 e. The van der Waals surface area contributed by atoms with E-state index < -0.39 is 26.6 Å². The van der Waals surface area contributed by atoms with Crippen LogP contribution in [0.4, 0.5) is 5.69 Å². The van der Waals surface area contributed by atoms with Crippen LogP contribution in [0.25, 0.3) is 0 Å². The lowest BCUT2D eigenvalue weighted by atomic mass is 9.95. The number of para-hydroxylation sites is 1. The van der Waals surface area contributed by atoms with Crippen LogP contribution in [-0.2, 0) is 23.9 Å². The van der Waals surface area contributed by atoms with Crippen LogP contribution in [0.15, 0.2) is 59.5 Å². The maximum Gasteiger partial charge on any atom is 0.266 e. The van der Waals surface area contributed by atoms with Crippen LogP contribution in [-0.4, -0.2) is 55.8 Å². The maximum absolute atomic E-state index is 13.7. The average molecular weight is 476 g/mol. The Morgan fingerprint density at radius 2 is 1.69 bits per heavy atom. The molecule has 2 saturated heterocycles. The Hall–Kier alpha value is -2.39. The quantitative estimate of drug-likeness (QED) is 0.621. The van der Waals surface area contributed by atoms with E-state index >= 15 is 0 Å². The highest BCUT2D eigenvalue weighted by Crippen LogP contribution is 2.59. The second-order valence-corrected chi connectivity index (χ2v) is 10.8. The van der Waals surface area contributed by atoms with Crippen molar-refractivity contribution in [2.45, 2.75) is 27.8 Å². The van der Waals surface area contributed by atoms with E-state index in [1.165, 1.54) is 26.2 Å². The number of nitrogens with zero attached hydrogens (tertiary/aromatic N) is 3. The molecular formula is C20H18BrN3O4S. The molecule has 0 spiro atoms. The third-order valence-electron chi connectivity index (χ3n) is 5.93. The predicted molar refractivity (Wildman–Crippen MR) is 110 cm³/mol. The molecule has 3 aliphatic rings. The molecule has 3 unspecified atom stereocenters. The van der Waals surface area contributed by atoms with Crippen molar-refractivity contribution in [2.75, 3.05) is 17.9 Å². The van der Waals surface area contributed by atoms with Crippen molar-refractivity contribution in [3.8, 4) is 0 Å². The number of carbonyl (C=O) groups excluding carboxylic acids is 2. The summed E-state index contributed by atoms with van der Waals surface area (Å²) in [6.45, 7) is -0.0650. The first-order chi connectivity index (χ1) is 13.8. The van der Waals surface area contributed by atoms with Crippen LogP contribution in [0.1, 0.15) is 12.0 Å². The van der Waals surface area contributed by atoms with E-state index in [9.17, 15) is 18.0 Å². The van der Waals surface area contributed by atoms with Gasteiger partial charge in [-0.05, 0) is 23.8 Å². The normalized spacial score (nSPS) is 28.4. The predicted octanol–water partition coefficient (Wildman–Crippen LogP) is 1.88. The summed E-state index contributed by atoms with van der Waals surface area (Å²) in [6, 6.07) is 14.7. The van der Waals surface area contributed by atoms with Crippen LogP contribution in [0.5, 0.6) is 0 Å². The monoisotopic (exact) mass is 475 g/mol. The average Bonchev–Trinajstić information content (AvgIpc) is 3.15. The van der Waals surface area contributed by atoms with Gasteiger partial charge < -0.3 is 9.80 Å². The number of likely N-dealkylation sites (N-methyl/N-ethyl adjacent to an activating group) is 1. The van der Waals surface area contributed by atoms with Crippen molar-refractivity contribution >= 4 is 43.5 Å². The molecule has 2 amide bonds. The van der Waals surface area contributed by atoms with Gasteiger partial charge >= 0.3 is 0 Å². The third-order valence-corrected chi connectivity index (χ3v) is 8.87. The summed E-state index contributed by atoms with van der Waals surface area (Å²) >= 11 is 3.77. The molecule has 0 N–H and O–H groups in total. The number of rotatable bonds is 2. The van der Waals surface area contributed by atoms with E-state index in [2.05, 4.69) is 15.9 Å². The van der Waals surface area contributed by atoms with Crippen molar-refractivity contribution < 1.29 is 18.0 Å². The zero-order valence-corrected chi connectivity index (χ0v) is 17.9. The molecule has 2 fully saturated rings. The lowest BCUT2D eigenvalue weighted by Gasteiger charge is -2.40. The van der Waals surface area contributed by atoms with Crippen molar-refractivity contribution in [1.29, 1.82) is 0 Å². The van der Waals surface area contributed by atoms with Crippen LogP contribution in [0, 0.1) is 0 Å². The van der Waals surface area contributed by atoms with Gasteiger partial charge in [0.1, 0.15) is 12.2 Å². The minimum Gasteiger partial charge on any atom is -0.335 e. The van der Waals surface area contributed by atoms with Gasteiger partial charge in [-0.15, -0.1) is 0 Å². The number of hydrogen-bond acceptors (Lipinski definition) is 4. The van der Waals surface area contributed by atoms with E-state index in [4.69, 9.17) is 0 Å². The molecule has 3 heterocycles. The molecule has 0 bridgehead atoms. The number of alkyl halides is 1. The molecule has 29 heavy (non-hydrogen) atoms. The molecule has 0 saturated carbocycles. The maximum atomic E-state index is 13.7. The zero-order chi connectivity index (χ0) is 20.6. The molecule has 9 heteroatoms. The van der Waals surface area contributed by atoms with Crippen LogP contribution >= 0.6 is 15.9 Å². The fraction of sp³-hybridized carbons (Fsp3) is 0.300. The van der Waals surface area contributed by atoms with E-state index in [0.717, 1.165) is 5.56 Å². The molecule has 0 radical (unpaired) electrons. The Balaban J connectivity index is 1.74. The number of anilines is 1. The summed E-state index contributed by atoms with van der Waals surface area (Å²) in [6.07, 6.45) is -0.537. The summed E-state index contributed by atoms with van der Waals surface area (Å²) in [4.78, 5) is 28.8. The number of fused-ring (bicyclic) bond motifs is 5. The Bertz CT molecular complexity index is 1140. The Morgan fingerprint density at radius 3 is 2.41 bits per heavy atom. The third kappa shape index (κ3) is 2.37. The Morgan fingerprint density at radius 1 is 1.03 bits per heavy atom. The number of amides is 2. The van der Waals surface area contributed by atoms with Gasteiger partial charge in [-0.25, -0.2) is 12.7 Å². The summed E-state index contributed by atoms with van der Waals surface area (Å²) < 4.78 is 27.8. The van der Waals surface area contributed by atoms with Crippen molar-refractivity contribution in [3.05, 3.63) is 60.2 Å². The van der Waals surface area contributed by atoms with Crippen LogP contribution in [0.2, 0.25) is 0 Å². The van der Waals surface area contributed by atoms with Crippen molar-refractivity contribution in [1.82, 2.24) is 9.80 Å². The molecule has 150 valence electrons. The summed E-state index contributed by atoms with van der Waals surface area (Å²) in [5.74, 6) is -0.433. The lowest BCUT2D eigenvalue weighted by molar-refractivity contribution is -0.153. The van der Waals surface area contributed by atoms with Gasteiger partial charge in [0.05, 0.1) is 21.5 Å². The standard InChI is InChI=1S/C20H18BrN3O4S/c1-22-12-17(25)23-16(18(22)26)11-20(21)14-9-5-6-10-15(14)24(19(20)23)29(27,28)13-7-3-2-4-8-13/h2-10,16,19H,11-12H2,1H3. The van der Waals surface area contributed by atoms with E-state index in [1.807, 2.05) is 12.1 Å². The minimum absolute atomic E-state index is 0.0650. The summed E-state index contributed by atoms with van der Waals surface area (Å²) in [7, 11) is -2.37. The minimum atomic E-state index is -3.96. The van der Waals surface area contributed by atoms with Gasteiger partial charge in [0.15, 0.2) is 0 Å². The molecule has 0 aromatic heterocycles. The van der Waals surface area contributed by atoms with Crippen LogP contribution < -0.4 is 4.31 Å². The molecule has 5 rings (SSSR count). The molecular weight excluding hydrogens is 458 g/mol. The second kappa shape index (κ2) is 6.06. The molecule has 3 aliphatic heterocycles. The largest absolute Gasteiger partial charge is 0.335 e. The number of benzene rings is 2. The highest BCUT2D eigenvalue weighted by atomic mass is 79.9. The molecule has 2 aromatic rings. The van der Waals surface area contributed by atoms with Gasteiger partial charge in [-0.2, -0.15) is 0 Å². The first-order valence-corrected chi connectivity index (χ1v) is 11.4. The fourth-order valence-electron chi connectivity index (χ4n) is 4.67. The first-order valence-electron chi connectivity index (χ1n) is 9.21. The van der Waals surface area contributed by atoms with Gasteiger partial charge in [-0.1, -0.05) is 52.3 Å². The number of hydrogen-bond donors (Lipinski definition) is 0. The Kier molecular flexibility index (Phi) is 3.89. The lowest BCUT2D eigenvalue weighted by Crippen LogP contribution is -2.62. The second-order valence-electron chi connectivity index (χ2n) is 7.58. The fourth-order valence-corrected chi connectivity index (χ4v) is 7.57. The molecule has 2 aromatic carbocycles. The number of halogens is 1. The summed E-state index contributed by atoms with van der Waals surface area (Å²) in [5, 5.41) is 0. The van der Waals surface area contributed by atoms with Crippen molar-refractivity contribution in [2.24, 2.45) is 0 Å². The van der Waals surface area contributed by atoms with Gasteiger partial charge in [-0.3, -0.25) is 9.59 Å². The van der Waals surface area contributed by atoms with Gasteiger partial charge in [0, 0.05) is 13.5 Å². The number of sulfonamides is 1. The first kappa shape index (κ1) is 18.6. The zero-order valence-electron chi connectivity index (χ0n) is 15.5. The highest BCUT2D eigenvalue weighted by molar-refractivity contribution is 9.09. The van der Waals surface area contributed by atoms with Gasteiger partial charge in [0.25, 0.3) is 10.0 Å². The summed E-state index contributed by atoms with van der Waals surface area (Å²) in [5.41, 5.74) is 1.29. The van der Waals surface area contributed by atoms with E-state index in [0.29, 0.717) is 12.1 Å². The molecule has 0 aliphatic carbocycles.